The zero-order valence-electron chi connectivity index (χ0n) is 22.8. The zero-order chi connectivity index (χ0) is 29.7. The molecule has 2 aromatic carbocycles. The Labute approximate surface area is 266 Å². The van der Waals surface area contributed by atoms with Crippen LogP contribution in [0.5, 0.6) is 0 Å². The molecule has 0 saturated heterocycles. The highest BCUT2D eigenvalue weighted by molar-refractivity contribution is 7.99. The number of nitrogens with zero attached hydrogens (tertiary/aromatic N) is 4. The number of alkyl halides is 4. The van der Waals surface area contributed by atoms with E-state index in [9.17, 15) is 9.59 Å². The first-order valence-electron chi connectivity index (χ1n) is 13.2. The smallest absolute Gasteiger partial charge is 0.240 e. The molecular formula is C28H36Cl4N6O2S. The summed E-state index contributed by atoms with van der Waals surface area (Å²) < 4.78 is 0. The second kappa shape index (κ2) is 21.5. The van der Waals surface area contributed by atoms with Crippen LogP contribution in [-0.2, 0) is 9.59 Å². The van der Waals surface area contributed by atoms with Crippen molar-refractivity contribution in [2.45, 2.75) is 12.8 Å². The highest BCUT2D eigenvalue weighted by Gasteiger charge is 2.07. The Morgan fingerprint density at radius 3 is 1.29 bits per heavy atom. The summed E-state index contributed by atoms with van der Waals surface area (Å²) in [6.45, 7) is 2.87. The van der Waals surface area contributed by atoms with E-state index in [1.165, 1.54) is 11.8 Å². The fraction of sp³-hybridized carbons (Fsp3) is 0.429. The van der Waals surface area contributed by atoms with Gasteiger partial charge in [0.05, 0.1) is 12.4 Å². The van der Waals surface area contributed by atoms with Crippen LogP contribution in [0.2, 0.25) is 0 Å². The fourth-order valence-electron chi connectivity index (χ4n) is 3.59. The number of thioether (sulfide) groups is 1. The molecule has 0 heterocycles. The van der Waals surface area contributed by atoms with E-state index < -0.39 is 0 Å². The van der Waals surface area contributed by atoms with Crippen LogP contribution in [0.3, 0.4) is 0 Å². The molecule has 2 amide bonds. The molecule has 0 saturated carbocycles. The van der Waals surface area contributed by atoms with Crippen molar-refractivity contribution in [1.29, 1.82) is 0 Å². The quantitative estimate of drug-likeness (QED) is 0.0863. The number of halogens is 4. The van der Waals surface area contributed by atoms with Gasteiger partial charge in [0, 0.05) is 85.4 Å². The molecule has 0 aliphatic heterocycles. The summed E-state index contributed by atoms with van der Waals surface area (Å²) in [7, 11) is 0. The minimum absolute atomic E-state index is 0.186. The van der Waals surface area contributed by atoms with Gasteiger partial charge in [-0.1, -0.05) is 24.3 Å². The molecule has 2 N–H and O–H groups in total. The van der Waals surface area contributed by atoms with Gasteiger partial charge in [-0.3, -0.25) is 9.59 Å². The van der Waals surface area contributed by atoms with Crippen molar-refractivity contribution in [3.8, 4) is 0 Å². The standard InChI is InChI=1S/C28H36Cl4N6O2S/c29-11-15-37(16-12-30)25-5-1-23(2-6-25)21-33-35-27(39)9-19-41-20-10-28(40)36-34-22-24-3-7-26(8-4-24)38(17-13-31)18-14-32/h1-8,21-22H,9-20H2,(H,35,39)(H,36,40)/b33-21+,34-22+. The average Bonchev–Trinajstić information content (AvgIpc) is 2.97. The number of amides is 2. The molecule has 0 aliphatic rings. The minimum atomic E-state index is -0.186. The molecule has 0 bridgehead atoms. The molecule has 0 unspecified atom stereocenters. The van der Waals surface area contributed by atoms with Crippen LogP contribution < -0.4 is 20.7 Å². The average molecular weight is 663 g/mol. The van der Waals surface area contributed by atoms with Crippen molar-refractivity contribution >= 4 is 93.8 Å². The van der Waals surface area contributed by atoms with Gasteiger partial charge in [0.2, 0.25) is 11.8 Å². The lowest BCUT2D eigenvalue weighted by Crippen LogP contribution is -2.27. The van der Waals surface area contributed by atoms with Gasteiger partial charge >= 0.3 is 0 Å². The molecule has 41 heavy (non-hydrogen) atoms. The first kappa shape index (κ1) is 35.0. The highest BCUT2D eigenvalue weighted by Crippen LogP contribution is 2.16. The van der Waals surface area contributed by atoms with E-state index >= 15 is 0 Å². The molecule has 0 aromatic heterocycles. The summed E-state index contributed by atoms with van der Waals surface area (Å²) in [6, 6.07) is 15.6. The Hall–Kier alpha value is -2.17. The van der Waals surface area contributed by atoms with E-state index in [4.69, 9.17) is 46.4 Å². The van der Waals surface area contributed by atoms with Gasteiger partial charge in [-0.2, -0.15) is 22.0 Å². The SMILES string of the molecule is O=C(CCSCCC(=O)N/N=C/c1ccc(N(CCCl)CCCl)cc1)N/N=C/c1ccc(N(CCCl)CCCl)cc1. The topological polar surface area (TPSA) is 89.4 Å². The Kier molecular flexibility index (Phi) is 18.4. The number of benzene rings is 2. The van der Waals surface area contributed by atoms with Gasteiger partial charge in [-0.15, -0.1) is 46.4 Å². The van der Waals surface area contributed by atoms with Gasteiger partial charge in [0.25, 0.3) is 0 Å². The lowest BCUT2D eigenvalue weighted by molar-refractivity contribution is -0.121. The Morgan fingerprint density at radius 2 is 0.976 bits per heavy atom. The Balaban J connectivity index is 1.61. The minimum Gasteiger partial charge on any atom is -0.369 e. The molecular weight excluding hydrogens is 626 g/mol. The van der Waals surface area contributed by atoms with Crippen LogP contribution in [0.4, 0.5) is 11.4 Å². The van der Waals surface area contributed by atoms with Gasteiger partial charge in [-0.05, 0) is 35.4 Å². The third kappa shape index (κ3) is 14.5. The predicted octanol–water partition coefficient (Wildman–Crippen LogP) is 5.37. The maximum Gasteiger partial charge on any atom is 0.240 e. The van der Waals surface area contributed by atoms with Crippen LogP contribution in [0.25, 0.3) is 0 Å². The lowest BCUT2D eigenvalue weighted by Gasteiger charge is -2.22. The maximum atomic E-state index is 12.0. The largest absolute Gasteiger partial charge is 0.369 e. The van der Waals surface area contributed by atoms with E-state index in [-0.39, 0.29) is 11.8 Å². The zero-order valence-corrected chi connectivity index (χ0v) is 26.6. The summed E-state index contributed by atoms with van der Waals surface area (Å²) in [4.78, 5) is 28.3. The highest BCUT2D eigenvalue weighted by atomic mass is 35.5. The Bertz CT molecular complexity index is 992. The summed E-state index contributed by atoms with van der Waals surface area (Å²) in [5.41, 5.74) is 8.86. The number of hydrazone groups is 2. The number of nitrogens with one attached hydrogen (secondary N) is 2. The number of hydrogen-bond acceptors (Lipinski definition) is 7. The van der Waals surface area contributed by atoms with E-state index in [2.05, 4.69) is 30.9 Å². The summed E-state index contributed by atoms with van der Waals surface area (Å²) in [6.07, 6.45) is 3.80. The first-order chi connectivity index (χ1) is 20.0. The van der Waals surface area contributed by atoms with Crippen LogP contribution in [0, 0.1) is 0 Å². The van der Waals surface area contributed by atoms with Gasteiger partial charge in [0.1, 0.15) is 0 Å². The number of rotatable bonds is 20. The second-order valence-corrected chi connectivity index (χ2v) is 11.3. The first-order valence-corrected chi connectivity index (χ1v) is 16.5. The van der Waals surface area contributed by atoms with E-state index in [1.807, 2.05) is 48.5 Å². The molecule has 0 aliphatic carbocycles. The van der Waals surface area contributed by atoms with Crippen LogP contribution in [-0.4, -0.2) is 85.4 Å². The summed E-state index contributed by atoms with van der Waals surface area (Å²) >= 11 is 25.0. The van der Waals surface area contributed by atoms with Crippen molar-refractivity contribution < 1.29 is 9.59 Å². The monoisotopic (exact) mass is 660 g/mol. The predicted molar refractivity (Wildman–Crippen MR) is 178 cm³/mol. The third-order valence-corrected chi connectivity index (χ3v) is 7.35. The van der Waals surface area contributed by atoms with Gasteiger partial charge < -0.3 is 9.80 Å². The summed E-state index contributed by atoms with van der Waals surface area (Å²) in [5.74, 6) is 2.88. The van der Waals surface area contributed by atoms with Crippen LogP contribution >= 0.6 is 58.2 Å². The normalized spacial score (nSPS) is 11.2. The van der Waals surface area contributed by atoms with Crippen molar-refractivity contribution in [1.82, 2.24) is 10.9 Å². The van der Waals surface area contributed by atoms with Crippen molar-refractivity contribution in [3.05, 3.63) is 59.7 Å². The maximum absolute atomic E-state index is 12.0. The van der Waals surface area contributed by atoms with Crippen molar-refractivity contribution in [2.24, 2.45) is 10.2 Å². The molecule has 224 valence electrons. The number of carbonyl (C=O) groups excluding carboxylic acids is 2. The van der Waals surface area contributed by atoms with E-state index in [0.29, 0.717) is 47.9 Å². The molecule has 0 spiro atoms. The number of hydrogen-bond donors (Lipinski definition) is 2. The third-order valence-electron chi connectivity index (χ3n) is 5.69. The second-order valence-electron chi connectivity index (χ2n) is 8.61. The molecule has 0 atom stereocenters. The van der Waals surface area contributed by atoms with Crippen molar-refractivity contribution in [3.63, 3.8) is 0 Å². The van der Waals surface area contributed by atoms with Crippen molar-refractivity contribution in [2.75, 3.05) is 71.0 Å². The van der Waals surface area contributed by atoms with Crippen LogP contribution in [0.1, 0.15) is 24.0 Å². The van der Waals surface area contributed by atoms with E-state index in [1.54, 1.807) is 12.4 Å². The molecule has 2 aromatic rings. The number of carbonyl (C=O) groups is 2. The molecule has 8 nitrogen and oxygen atoms in total. The molecule has 2 rings (SSSR count). The molecule has 13 heteroatoms. The van der Waals surface area contributed by atoms with Gasteiger partial charge in [0.15, 0.2) is 0 Å². The molecule has 0 radical (unpaired) electrons. The fourth-order valence-corrected chi connectivity index (χ4v) is 5.27. The van der Waals surface area contributed by atoms with Gasteiger partial charge in [-0.25, -0.2) is 10.9 Å². The lowest BCUT2D eigenvalue weighted by atomic mass is 10.2. The Morgan fingerprint density at radius 1 is 0.634 bits per heavy atom. The number of anilines is 2. The van der Waals surface area contributed by atoms with Crippen LogP contribution in [0.15, 0.2) is 58.7 Å². The van der Waals surface area contributed by atoms with E-state index in [0.717, 1.165) is 48.7 Å². The molecule has 0 fully saturated rings. The summed E-state index contributed by atoms with van der Waals surface area (Å²) in [5, 5.41) is 8.04.